The van der Waals surface area contributed by atoms with Crippen molar-refractivity contribution in [2.45, 2.75) is 38.5 Å². The lowest BCUT2D eigenvalue weighted by Gasteiger charge is -2.45. The van der Waals surface area contributed by atoms with Gasteiger partial charge in [-0.1, -0.05) is 26.0 Å². The summed E-state index contributed by atoms with van der Waals surface area (Å²) < 4.78 is 0. The highest BCUT2D eigenvalue weighted by Gasteiger charge is 2.37. The van der Waals surface area contributed by atoms with Crippen molar-refractivity contribution in [3.05, 3.63) is 52.2 Å². The Balaban J connectivity index is 1.56. The van der Waals surface area contributed by atoms with Crippen LogP contribution in [-0.2, 0) is 11.8 Å². The number of rotatable bonds is 5. The zero-order chi connectivity index (χ0) is 16.3. The summed E-state index contributed by atoms with van der Waals surface area (Å²) >= 11 is 1.79. The van der Waals surface area contributed by atoms with E-state index < -0.39 is 0 Å². The molecule has 1 aromatic carbocycles. The Labute approximate surface area is 143 Å². The van der Waals surface area contributed by atoms with Crippen molar-refractivity contribution < 1.29 is 5.11 Å². The van der Waals surface area contributed by atoms with E-state index in [4.69, 9.17) is 0 Å². The Bertz CT molecular complexity index is 624. The summed E-state index contributed by atoms with van der Waals surface area (Å²) in [6, 6.07) is 10.1. The van der Waals surface area contributed by atoms with Gasteiger partial charge in [0.2, 0.25) is 0 Å². The number of phenolic OH excluding ortho intramolecular Hbond substituents is 1. The molecular weight excluding hydrogens is 302 g/mol. The van der Waals surface area contributed by atoms with E-state index >= 15 is 0 Å². The number of benzene rings is 1. The van der Waals surface area contributed by atoms with E-state index in [-0.39, 0.29) is 5.41 Å². The standard InChI is InChI=1S/C20H27NOS/c1-16-14-21(10-4-5-17-8-12-23-15-17)11-9-20(16,2)18-6-3-7-19(22)13-18/h3,6-8,12-13,15-16,22H,4-5,9-11,14H2,1-2H3. The molecule has 0 aliphatic carbocycles. The summed E-state index contributed by atoms with van der Waals surface area (Å²) in [5.74, 6) is 0.980. The molecule has 1 N–H and O–H groups in total. The number of phenols is 1. The van der Waals surface area contributed by atoms with E-state index in [1.807, 2.05) is 12.1 Å². The van der Waals surface area contributed by atoms with Crippen molar-refractivity contribution in [2.24, 2.45) is 5.92 Å². The first-order valence-electron chi connectivity index (χ1n) is 8.61. The van der Waals surface area contributed by atoms with Crippen LogP contribution in [0.3, 0.4) is 0 Å². The molecule has 1 saturated heterocycles. The summed E-state index contributed by atoms with van der Waals surface area (Å²) in [6.07, 6.45) is 3.60. The maximum Gasteiger partial charge on any atom is 0.115 e. The second kappa shape index (κ2) is 7.06. The van der Waals surface area contributed by atoms with Crippen LogP contribution in [0.25, 0.3) is 0 Å². The molecule has 23 heavy (non-hydrogen) atoms. The maximum atomic E-state index is 9.79. The fraction of sp³-hybridized carbons (Fsp3) is 0.500. The lowest BCUT2D eigenvalue weighted by atomic mass is 9.68. The average molecular weight is 330 g/mol. The molecule has 2 atom stereocenters. The number of piperidine rings is 1. The van der Waals surface area contributed by atoms with Gasteiger partial charge in [0.15, 0.2) is 0 Å². The van der Waals surface area contributed by atoms with Gasteiger partial charge >= 0.3 is 0 Å². The van der Waals surface area contributed by atoms with E-state index in [9.17, 15) is 5.11 Å². The van der Waals surface area contributed by atoms with Gasteiger partial charge < -0.3 is 10.0 Å². The highest BCUT2D eigenvalue weighted by molar-refractivity contribution is 7.07. The van der Waals surface area contributed by atoms with Gasteiger partial charge in [-0.05, 0) is 83.8 Å². The summed E-state index contributed by atoms with van der Waals surface area (Å²) in [7, 11) is 0. The number of hydrogen-bond acceptors (Lipinski definition) is 3. The molecule has 0 spiro atoms. The fourth-order valence-electron chi connectivity index (χ4n) is 3.75. The second-order valence-corrected chi connectivity index (χ2v) is 7.93. The predicted molar refractivity (Wildman–Crippen MR) is 98.3 cm³/mol. The van der Waals surface area contributed by atoms with Crippen LogP contribution in [0, 0.1) is 5.92 Å². The SMILES string of the molecule is CC1CN(CCCc2ccsc2)CCC1(C)c1cccc(O)c1. The highest BCUT2D eigenvalue weighted by Crippen LogP contribution is 2.40. The van der Waals surface area contributed by atoms with Gasteiger partial charge in [0.25, 0.3) is 0 Å². The molecule has 0 saturated carbocycles. The number of thiophene rings is 1. The highest BCUT2D eigenvalue weighted by atomic mass is 32.1. The van der Waals surface area contributed by atoms with Crippen LogP contribution in [0.15, 0.2) is 41.1 Å². The molecule has 124 valence electrons. The van der Waals surface area contributed by atoms with Crippen LogP contribution in [0.1, 0.15) is 37.8 Å². The van der Waals surface area contributed by atoms with Crippen molar-refractivity contribution in [2.75, 3.05) is 19.6 Å². The normalized spacial score (nSPS) is 25.6. The van der Waals surface area contributed by atoms with Crippen molar-refractivity contribution in [3.63, 3.8) is 0 Å². The number of aromatic hydroxyl groups is 1. The van der Waals surface area contributed by atoms with E-state index in [2.05, 4.69) is 41.6 Å². The van der Waals surface area contributed by atoms with E-state index in [0.29, 0.717) is 11.7 Å². The largest absolute Gasteiger partial charge is 0.508 e. The monoisotopic (exact) mass is 329 g/mol. The van der Waals surface area contributed by atoms with Crippen molar-refractivity contribution in [1.29, 1.82) is 0 Å². The summed E-state index contributed by atoms with van der Waals surface area (Å²) in [5.41, 5.74) is 2.93. The van der Waals surface area contributed by atoms with Gasteiger partial charge in [0.05, 0.1) is 0 Å². The Kier molecular flexibility index (Phi) is 5.08. The molecule has 3 rings (SSSR count). The molecule has 0 radical (unpaired) electrons. The summed E-state index contributed by atoms with van der Waals surface area (Å²) in [4.78, 5) is 2.61. The van der Waals surface area contributed by atoms with Crippen LogP contribution in [0.4, 0.5) is 0 Å². The molecule has 3 heteroatoms. The van der Waals surface area contributed by atoms with Gasteiger partial charge in [-0.2, -0.15) is 11.3 Å². The van der Waals surface area contributed by atoms with Crippen LogP contribution in [0.2, 0.25) is 0 Å². The van der Waals surface area contributed by atoms with Gasteiger partial charge in [-0.3, -0.25) is 0 Å². The van der Waals surface area contributed by atoms with Gasteiger partial charge in [-0.25, -0.2) is 0 Å². The second-order valence-electron chi connectivity index (χ2n) is 7.15. The van der Waals surface area contributed by atoms with Crippen molar-refractivity contribution >= 4 is 11.3 Å². The third-order valence-electron chi connectivity index (χ3n) is 5.59. The third kappa shape index (κ3) is 3.78. The third-order valence-corrected chi connectivity index (χ3v) is 6.32. The van der Waals surface area contributed by atoms with Crippen LogP contribution in [0.5, 0.6) is 5.75 Å². The number of likely N-dealkylation sites (tertiary alicyclic amines) is 1. The molecule has 1 aliphatic heterocycles. The fourth-order valence-corrected chi connectivity index (χ4v) is 4.45. The molecule has 1 aliphatic rings. The van der Waals surface area contributed by atoms with Crippen LogP contribution >= 0.6 is 11.3 Å². The first-order valence-corrected chi connectivity index (χ1v) is 9.55. The number of hydrogen-bond donors (Lipinski definition) is 1. The Morgan fingerprint density at radius 2 is 2.22 bits per heavy atom. The topological polar surface area (TPSA) is 23.5 Å². The van der Waals surface area contributed by atoms with Crippen molar-refractivity contribution in [1.82, 2.24) is 4.90 Å². The Morgan fingerprint density at radius 3 is 2.91 bits per heavy atom. The minimum atomic E-state index is 0.169. The summed E-state index contributed by atoms with van der Waals surface area (Å²) in [5, 5.41) is 14.2. The van der Waals surface area contributed by atoms with E-state index in [1.165, 1.54) is 30.5 Å². The minimum Gasteiger partial charge on any atom is -0.508 e. The zero-order valence-electron chi connectivity index (χ0n) is 14.2. The van der Waals surface area contributed by atoms with E-state index in [0.717, 1.165) is 19.5 Å². The smallest absolute Gasteiger partial charge is 0.115 e. The molecule has 2 nitrogen and oxygen atoms in total. The average Bonchev–Trinajstić information content (AvgIpc) is 3.04. The molecule has 2 unspecified atom stereocenters. The van der Waals surface area contributed by atoms with Gasteiger partial charge in [0, 0.05) is 6.54 Å². The zero-order valence-corrected chi connectivity index (χ0v) is 15.0. The number of aryl methyl sites for hydroxylation is 1. The van der Waals surface area contributed by atoms with E-state index in [1.54, 1.807) is 17.4 Å². The Hall–Kier alpha value is -1.32. The molecule has 0 amide bonds. The summed E-state index contributed by atoms with van der Waals surface area (Å²) in [6.45, 7) is 8.20. The molecular formula is C20H27NOS. The van der Waals surface area contributed by atoms with Crippen molar-refractivity contribution in [3.8, 4) is 5.75 Å². The minimum absolute atomic E-state index is 0.169. The number of nitrogens with zero attached hydrogens (tertiary/aromatic N) is 1. The van der Waals surface area contributed by atoms with Gasteiger partial charge in [-0.15, -0.1) is 0 Å². The van der Waals surface area contributed by atoms with Gasteiger partial charge in [0.1, 0.15) is 5.75 Å². The van der Waals surface area contributed by atoms with Crippen LogP contribution < -0.4 is 0 Å². The molecule has 2 aromatic rings. The molecule has 2 heterocycles. The first kappa shape index (κ1) is 16.5. The Morgan fingerprint density at radius 1 is 1.35 bits per heavy atom. The first-order chi connectivity index (χ1) is 11.1. The lowest BCUT2D eigenvalue weighted by Crippen LogP contribution is -2.47. The lowest BCUT2D eigenvalue weighted by molar-refractivity contribution is 0.110. The molecule has 1 fully saturated rings. The molecule has 0 bridgehead atoms. The van der Waals surface area contributed by atoms with Crippen LogP contribution in [-0.4, -0.2) is 29.6 Å². The quantitative estimate of drug-likeness (QED) is 0.860. The predicted octanol–water partition coefficient (Wildman–Crippen LogP) is 4.69. The molecule has 1 aromatic heterocycles. The maximum absolute atomic E-state index is 9.79.